The van der Waals surface area contributed by atoms with Crippen LogP contribution in [0.1, 0.15) is 41.5 Å². The molecule has 0 atom stereocenters. The molecule has 0 aromatic heterocycles. The number of amides is 2. The Morgan fingerprint density at radius 1 is 0.926 bits per heavy atom. The molecule has 0 radical (unpaired) electrons. The Kier molecular flexibility index (Phi) is 9.64. The molecule has 0 spiro atoms. The first-order chi connectivity index (χ1) is 11.9. The van der Waals surface area contributed by atoms with E-state index in [1.807, 2.05) is 0 Å². The Bertz CT molecular complexity index is 518. The zero-order chi connectivity index (χ0) is 21.6. The summed E-state index contributed by atoms with van der Waals surface area (Å²) < 4.78 is 21.8. The second-order valence-electron chi connectivity index (χ2n) is 8.37. The van der Waals surface area contributed by atoms with Gasteiger partial charge in [0, 0.05) is 38.9 Å². The first-order valence-electron chi connectivity index (χ1n) is 8.48. The lowest BCUT2D eigenvalue weighted by atomic mass is 10.1. The lowest BCUT2D eigenvalue weighted by molar-refractivity contribution is 0.0223. The van der Waals surface area contributed by atoms with Crippen LogP contribution in [0.2, 0.25) is 0 Å². The van der Waals surface area contributed by atoms with Crippen molar-refractivity contribution in [2.45, 2.75) is 52.7 Å². The maximum Gasteiger partial charge on any atom is 0.410 e. The van der Waals surface area contributed by atoms with E-state index >= 15 is 0 Å². The van der Waals surface area contributed by atoms with Gasteiger partial charge in [-0.2, -0.15) is 0 Å². The smallest absolute Gasteiger partial charge is 0.410 e. The molecule has 11 heteroatoms. The van der Waals surface area contributed by atoms with Crippen molar-refractivity contribution < 1.29 is 33.4 Å². The highest BCUT2D eigenvalue weighted by Crippen LogP contribution is 2.50. The van der Waals surface area contributed by atoms with E-state index in [-0.39, 0.29) is 18.8 Å². The summed E-state index contributed by atoms with van der Waals surface area (Å²) >= 11 is 0.484. The van der Waals surface area contributed by atoms with Crippen molar-refractivity contribution in [1.29, 1.82) is 0 Å². The van der Waals surface area contributed by atoms with Gasteiger partial charge in [-0.1, -0.05) is 0 Å². The van der Waals surface area contributed by atoms with Crippen LogP contribution in [-0.4, -0.2) is 75.9 Å². The molecule has 160 valence electrons. The Balaban J connectivity index is 5.04. The molecule has 0 saturated heterocycles. The molecule has 2 amide bonds. The van der Waals surface area contributed by atoms with Gasteiger partial charge in [-0.25, -0.2) is 14.2 Å². The molecule has 9 nitrogen and oxygen atoms in total. The van der Waals surface area contributed by atoms with Crippen LogP contribution < -0.4 is 0 Å². The lowest BCUT2D eigenvalue weighted by Crippen LogP contribution is -2.42. The average Bonchev–Trinajstić information content (AvgIpc) is 2.39. The molecule has 0 aromatic carbocycles. The Morgan fingerprint density at radius 2 is 1.26 bits per heavy atom. The molecule has 0 saturated carbocycles. The third-order valence-corrected chi connectivity index (χ3v) is 5.37. The zero-order valence-corrected chi connectivity index (χ0v) is 19.1. The van der Waals surface area contributed by atoms with Gasteiger partial charge in [-0.15, -0.1) is 0 Å². The van der Waals surface area contributed by atoms with Gasteiger partial charge in [-0.3, -0.25) is 0 Å². The first kappa shape index (κ1) is 26.0. The van der Waals surface area contributed by atoms with Crippen LogP contribution in [0.25, 0.3) is 0 Å². The highest BCUT2D eigenvalue weighted by atomic mass is 32.7. The van der Waals surface area contributed by atoms with Gasteiger partial charge < -0.3 is 29.1 Å². The van der Waals surface area contributed by atoms with Crippen molar-refractivity contribution in [3.8, 4) is 0 Å². The van der Waals surface area contributed by atoms with E-state index in [4.69, 9.17) is 19.3 Å². The van der Waals surface area contributed by atoms with Gasteiger partial charge >= 0.3 is 19.0 Å². The Labute approximate surface area is 165 Å². The molecule has 0 aromatic rings. The van der Waals surface area contributed by atoms with Crippen molar-refractivity contribution in [1.82, 2.24) is 9.80 Å². The van der Waals surface area contributed by atoms with E-state index in [9.17, 15) is 14.2 Å². The fraction of sp³-hybridized carbons (Fsp3) is 0.875. The van der Waals surface area contributed by atoms with Crippen LogP contribution in [0.5, 0.6) is 0 Å². The van der Waals surface area contributed by atoms with Gasteiger partial charge in [0.25, 0.3) is 0 Å². The fourth-order valence-corrected chi connectivity index (χ4v) is 3.80. The van der Waals surface area contributed by atoms with E-state index in [1.165, 1.54) is 23.9 Å². The average molecular weight is 428 g/mol. The highest BCUT2D eigenvalue weighted by Gasteiger charge is 2.27. The minimum Gasteiger partial charge on any atom is -0.444 e. The Morgan fingerprint density at radius 3 is 1.52 bits per heavy atom. The SMILES string of the molecule is CN(CC(CSP(=O)(O)O)CN(C)C(=O)OC(C)(C)C)C(=O)OC(C)(C)C. The van der Waals surface area contributed by atoms with Gasteiger partial charge in [0.1, 0.15) is 11.2 Å². The van der Waals surface area contributed by atoms with Crippen molar-refractivity contribution in [3.05, 3.63) is 0 Å². The molecule has 27 heavy (non-hydrogen) atoms. The number of carbonyl (C=O) groups is 2. The number of nitrogens with zero attached hydrogens (tertiary/aromatic N) is 2. The number of hydrogen-bond acceptors (Lipinski definition) is 6. The Hall–Kier alpha value is -0.960. The summed E-state index contributed by atoms with van der Waals surface area (Å²) in [6.07, 6.45) is -1.10. The first-order valence-corrected chi connectivity index (χ1v) is 11.7. The summed E-state index contributed by atoms with van der Waals surface area (Å²) in [6, 6.07) is 0. The van der Waals surface area contributed by atoms with Gasteiger partial charge in [0.15, 0.2) is 0 Å². The maximum atomic E-state index is 12.1. The predicted molar refractivity (Wildman–Crippen MR) is 106 cm³/mol. The molecule has 2 N–H and O–H groups in total. The summed E-state index contributed by atoms with van der Waals surface area (Å²) in [4.78, 5) is 45.2. The molecular formula is C16H33N2O7PS. The fourth-order valence-electron chi connectivity index (χ4n) is 1.97. The third kappa shape index (κ3) is 13.8. The van der Waals surface area contributed by atoms with Crippen LogP contribution in [0.3, 0.4) is 0 Å². The predicted octanol–water partition coefficient (Wildman–Crippen LogP) is 3.16. The molecular weight excluding hydrogens is 395 g/mol. The number of hydrogen-bond donors (Lipinski definition) is 2. The molecule has 0 fully saturated rings. The second kappa shape index (κ2) is 10.0. The summed E-state index contributed by atoms with van der Waals surface area (Å²) in [6.45, 7) is 6.53. The van der Waals surface area contributed by atoms with Gasteiger partial charge in [-0.05, 0) is 52.9 Å². The van der Waals surface area contributed by atoms with Crippen LogP contribution in [0.15, 0.2) is 0 Å². The van der Waals surface area contributed by atoms with E-state index in [1.54, 1.807) is 41.5 Å². The second-order valence-corrected chi connectivity index (χ2v) is 12.1. The maximum absolute atomic E-state index is 12.1. The number of rotatable bonds is 7. The van der Waals surface area contributed by atoms with Crippen LogP contribution in [0.4, 0.5) is 9.59 Å². The molecule has 0 rings (SSSR count). The quantitative estimate of drug-likeness (QED) is 0.594. The van der Waals surface area contributed by atoms with E-state index in [0.29, 0.717) is 11.4 Å². The van der Waals surface area contributed by atoms with Crippen molar-refractivity contribution in [2.75, 3.05) is 32.9 Å². The van der Waals surface area contributed by atoms with Crippen molar-refractivity contribution in [3.63, 3.8) is 0 Å². The topological polar surface area (TPSA) is 117 Å². The van der Waals surface area contributed by atoms with Gasteiger partial charge in [0.05, 0.1) is 0 Å². The van der Waals surface area contributed by atoms with Crippen LogP contribution in [-0.2, 0) is 14.0 Å². The lowest BCUT2D eigenvalue weighted by Gasteiger charge is -2.30. The van der Waals surface area contributed by atoms with Crippen LogP contribution >= 0.6 is 18.2 Å². The van der Waals surface area contributed by atoms with Crippen LogP contribution in [0, 0.1) is 5.92 Å². The summed E-state index contributed by atoms with van der Waals surface area (Å²) in [7, 11) is 3.08. The normalized spacial score (nSPS) is 12.7. The summed E-state index contributed by atoms with van der Waals surface area (Å²) in [5, 5.41) is 0. The standard InChI is InChI=1S/C16H33N2O7PS/c1-15(2,3)24-13(19)17(7)9-12(11-27-26(21,22)23)10-18(8)14(20)25-16(4,5)6/h12H,9-11H2,1-8H3,(H2,21,22,23). The van der Waals surface area contributed by atoms with E-state index < -0.39 is 36.1 Å². The highest BCUT2D eigenvalue weighted by molar-refractivity contribution is 8.54. The van der Waals surface area contributed by atoms with Crippen molar-refractivity contribution >= 4 is 30.4 Å². The molecule has 0 aliphatic heterocycles. The molecule has 0 aliphatic carbocycles. The van der Waals surface area contributed by atoms with Crippen molar-refractivity contribution in [2.24, 2.45) is 5.92 Å². The third-order valence-electron chi connectivity index (χ3n) is 2.95. The minimum atomic E-state index is -4.27. The van der Waals surface area contributed by atoms with E-state index in [2.05, 4.69) is 0 Å². The molecule has 0 heterocycles. The number of carbonyl (C=O) groups excluding carboxylic acids is 2. The molecule has 0 aliphatic rings. The zero-order valence-electron chi connectivity index (χ0n) is 17.4. The van der Waals surface area contributed by atoms with E-state index in [0.717, 1.165) is 0 Å². The van der Waals surface area contributed by atoms with Gasteiger partial charge in [0.2, 0.25) is 0 Å². The monoisotopic (exact) mass is 428 g/mol. The minimum absolute atomic E-state index is 0.0601. The largest absolute Gasteiger partial charge is 0.444 e. The molecule has 0 bridgehead atoms. The summed E-state index contributed by atoms with van der Waals surface area (Å²) in [5.74, 6) is -0.331. The molecule has 0 unspecified atom stereocenters. The number of ether oxygens (including phenoxy) is 2. The summed E-state index contributed by atoms with van der Waals surface area (Å²) in [5.41, 5.74) is -1.32.